The number of nitrogens with one attached hydrogen (secondary N) is 1. The van der Waals surface area contributed by atoms with Crippen molar-refractivity contribution in [2.24, 2.45) is 5.73 Å². The number of nitrogens with two attached hydrogens (primary N) is 1. The third-order valence-corrected chi connectivity index (χ3v) is 2.72. The Morgan fingerprint density at radius 1 is 1.42 bits per heavy atom. The molecule has 1 aromatic carbocycles. The number of carbonyl (C=O) groups is 2. The van der Waals surface area contributed by atoms with E-state index in [4.69, 9.17) is 10.5 Å². The predicted octanol–water partition coefficient (Wildman–Crippen LogP) is 1.06. The summed E-state index contributed by atoms with van der Waals surface area (Å²) >= 11 is 0. The molecule has 1 aromatic rings. The van der Waals surface area contributed by atoms with Gasteiger partial charge in [-0.15, -0.1) is 0 Å². The molecule has 0 fully saturated rings. The van der Waals surface area contributed by atoms with Crippen LogP contribution in [0.3, 0.4) is 0 Å². The van der Waals surface area contributed by atoms with Crippen molar-refractivity contribution in [2.45, 2.75) is 32.9 Å². The van der Waals surface area contributed by atoms with Crippen molar-refractivity contribution in [3.05, 3.63) is 35.4 Å². The fourth-order valence-corrected chi connectivity index (χ4v) is 1.67. The Morgan fingerprint density at radius 2 is 2.11 bits per heavy atom. The van der Waals surface area contributed by atoms with Gasteiger partial charge in [0, 0.05) is 0 Å². The largest absolute Gasteiger partial charge is 0.464 e. The fraction of sp³-hybridized carbons (Fsp3) is 0.429. The molecule has 0 aliphatic heterocycles. The van der Waals surface area contributed by atoms with E-state index in [0.717, 1.165) is 11.1 Å². The van der Waals surface area contributed by atoms with Crippen molar-refractivity contribution in [3.63, 3.8) is 0 Å². The molecule has 2 atom stereocenters. The summed E-state index contributed by atoms with van der Waals surface area (Å²) < 4.78 is 4.71. The normalized spacial score (nSPS) is 13.5. The quantitative estimate of drug-likeness (QED) is 0.615. The minimum atomic E-state index is -1.28. The number of amides is 1. The second-order valence-corrected chi connectivity index (χ2v) is 4.37. The van der Waals surface area contributed by atoms with Gasteiger partial charge >= 0.3 is 5.97 Å². The second-order valence-electron chi connectivity index (χ2n) is 4.37. The van der Waals surface area contributed by atoms with Crippen LogP contribution in [-0.4, -0.2) is 24.5 Å². The van der Waals surface area contributed by atoms with Gasteiger partial charge in [-0.05, 0) is 26.3 Å². The first-order chi connectivity index (χ1) is 8.95. The number of benzene rings is 1. The number of hydrogen-bond donors (Lipinski definition) is 2. The lowest BCUT2D eigenvalue weighted by Crippen LogP contribution is -2.47. The Hall–Kier alpha value is -1.88. The Labute approximate surface area is 113 Å². The van der Waals surface area contributed by atoms with Crippen LogP contribution in [-0.2, 0) is 14.3 Å². The molecule has 5 heteroatoms. The van der Waals surface area contributed by atoms with Gasteiger partial charge in [-0.2, -0.15) is 0 Å². The van der Waals surface area contributed by atoms with Crippen molar-refractivity contribution in [1.29, 1.82) is 0 Å². The van der Waals surface area contributed by atoms with Crippen LogP contribution >= 0.6 is 0 Å². The first-order valence-electron chi connectivity index (χ1n) is 6.24. The Balaban J connectivity index is 2.64. The molecule has 0 aromatic heterocycles. The maximum Gasteiger partial charge on any atom is 0.332 e. The molecule has 1 rings (SSSR count). The molecule has 5 nitrogen and oxygen atoms in total. The summed E-state index contributed by atoms with van der Waals surface area (Å²) in [5.41, 5.74) is 7.58. The summed E-state index contributed by atoms with van der Waals surface area (Å²) in [5.74, 6) is -1.25. The molecule has 0 radical (unpaired) electrons. The van der Waals surface area contributed by atoms with Crippen LogP contribution < -0.4 is 11.1 Å². The van der Waals surface area contributed by atoms with E-state index in [1.807, 2.05) is 38.1 Å². The predicted molar refractivity (Wildman–Crippen MR) is 72.3 cm³/mol. The first-order valence-corrected chi connectivity index (χ1v) is 6.24. The molecule has 19 heavy (non-hydrogen) atoms. The second kappa shape index (κ2) is 6.89. The number of hydrogen-bond acceptors (Lipinski definition) is 4. The molecule has 0 aliphatic rings. The van der Waals surface area contributed by atoms with Gasteiger partial charge in [-0.25, -0.2) is 4.79 Å². The van der Waals surface area contributed by atoms with Crippen LogP contribution in [0.2, 0.25) is 0 Å². The van der Waals surface area contributed by atoms with E-state index in [-0.39, 0.29) is 12.6 Å². The van der Waals surface area contributed by atoms with Crippen LogP contribution in [0, 0.1) is 6.92 Å². The third kappa shape index (κ3) is 4.37. The molecule has 104 valence electrons. The summed E-state index contributed by atoms with van der Waals surface area (Å²) in [6, 6.07) is 6.27. The van der Waals surface area contributed by atoms with E-state index in [1.54, 1.807) is 6.92 Å². The van der Waals surface area contributed by atoms with Gasteiger partial charge in [-0.1, -0.05) is 29.8 Å². The van der Waals surface area contributed by atoms with Gasteiger partial charge in [0.25, 0.3) is 0 Å². The van der Waals surface area contributed by atoms with Crippen molar-refractivity contribution in [3.8, 4) is 0 Å². The van der Waals surface area contributed by atoms with Gasteiger partial charge in [-0.3, -0.25) is 4.79 Å². The van der Waals surface area contributed by atoms with E-state index in [1.165, 1.54) is 0 Å². The number of carbonyl (C=O) groups excluding carboxylic acids is 2. The van der Waals surface area contributed by atoms with Crippen molar-refractivity contribution >= 4 is 11.9 Å². The highest BCUT2D eigenvalue weighted by atomic mass is 16.5. The number of aryl methyl sites for hydroxylation is 1. The zero-order valence-electron chi connectivity index (χ0n) is 11.5. The van der Waals surface area contributed by atoms with Gasteiger partial charge in [0.15, 0.2) is 6.04 Å². The van der Waals surface area contributed by atoms with Gasteiger partial charge < -0.3 is 15.8 Å². The lowest BCUT2D eigenvalue weighted by Gasteiger charge is -2.17. The number of esters is 1. The maximum absolute atomic E-state index is 11.8. The molecule has 0 saturated carbocycles. The molecule has 0 bridgehead atoms. The standard InChI is InChI=1S/C14H20N2O3/c1-4-19-14(18)12(15)13(17)16-10(3)11-7-5-6-9(2)8-11/h5-8,10,12H,4,15H2,1-3H3,(H,16,17)/t10-,12?/m0/s1. The topological polar surface area (TPSA) is 81.4 Å². The molecule has 1 amide bonds. The van der Waals surface area contributed by atoms with Crippen LogP contribution in [0.5, 0.6) is 0 Å². The van der Waals surface area contributed by atoms with E-state index in [0.29, 0.717) is 0 Å². The van der Waals surface area contributed by atoms with Gasteiger partial charge in [0.05, 0.1) is 12.6 Å². The first kappa shape index (κ1) is 15.2. The maximum atomic E-state index is 11.8. The van der Waals surface area contributed by atoms with Gasteiger partial charge in [0.1, 0.15) is 0 Å². The lowest BCUT2D eigenvalue weighted by molar-refractivity contribution is -0.148. The molecule has 0 aliphatic carbocycles. The summed E-state index contributed by atoms with van der Waals surface area (Å²) in [7, 11) is 0. The van der Waals surface area contributed by atoms with E-state index in [9.17, 15) is 9.59 Å². The van der Waals surface area contributed by atoms with E-state index in [2.05, 4.69) is 5.32 Å². The smallest absolute Gasteiger partial charge is 0.332 e. The van der Waals surface area contributed by atoms with Crippen LogP contribution in [0.25, 0.3) is 0 Å². The average molecular weight is 264 g/mol. The van der Waals surface area contributed by atoms with Crippen LogP contribution in [0.15, 0.2) is 24.3 Å². The average Bonchev–Trinajstić information content (AvgIpc) is 2.37. The monoisotopic (exact) mass is 264 g/mol. The van der Waals surface area contributed by atoms with Crippen LogP contribution in [0.4, 0.5) is 0 Å². The van der Waals surface area contributed by atoms with Crippen molar-refractivity contribution in [2.75, 3.05) is 6.61 Å². The van der Waals surface area contributed by atoms with E-state index >= 15 is 0 Å². The Morgan fingerprint density at radius 3 is 2.68 bits per heavy atom. The zero-order chi connectivity index (χ0) is 14.4. The lowest BCUT2D eigenvalue weighted by atomic mass is 10.1. The molecule has 1 unspecified atom stereocenters. The molecule has 3 N–H and O–H groups in total. The number of rotatable bonds is 5. The minimum Gasteiger partial charge on any atom is -0.464 e. The zero-order valence-corrected chi connectivity index (χ0v) is 11.5. The van der Waals surface area contributed by atoms with Crippen molar-refractivity contribution in [1.82, 2.24) is 5.32 Å². The fourth-order valence-electron chi connectivity index (χ4n) is 1.67. The Kier molecular flexibility index (Phi) is 5.51. The molecule has 0 saturated heterocycles. The molecule has 0 spiro atoms. The summed E-state index contributed by atoms with van der Waals surface area (Å²) in [5, 5.41) is 2.70. The highest BCUT2D eigenvalue weighted by Gasteiger charge is 2.24. The Bertz CT molecular complexity index is 460. The molecule has 0 heterocycles. The highest BCUT2D eigenvalue weighted by Crippen LogP contribution is 2.13. The molecular formula is C14H20N2O3. The van der Waals surface area contributed by atoms with Crippen LogP contribution in [0.1, 0.15) is 31.0 Å². The minimum absolute atomic E-state index is 0.202. The van der Waals surface area contributed by atoms with E-state index < -0.39 is 17.9 Å². The SMILES string of the molecule is CCOC(=O)C(N)C(=O)N[C@@H](C)c1cccc(C)c1. The molecular weight excluding hydrogens is 244 g/mol. The third-order valence-electron chi connectivity index (χ3n) is 2.72. The number of ether oxygens (including phenoxy) is 1. The highest BCUT2D eigenvalue weighted by molar-refractivity contribution is 6.01. The van der Waals surface area contributed by atoms with Crippen molar-refractivity contribution < 1.29 is 14.3 Å². The summed E-state index contributed by atoms with van der Waals surface area (Å²) in [4.78, 5) is 23.1. The van der Waals surface area contributed by atoms with Gasteiger partial charge in [0.2, 0.25) is 5.91 Å². The summed E-state index contributed by atoms with van der Waals surface area (Å²) in [6.45, 7) is 5.68. The summed E-state index contributed by atoms with van der Waals surface area (Å²) in [6.07, 6.45) is 0.